The highest BCUT2D eigenvalue weighted by Crippen LogP contribution is 2.30. The van der Waals surface area contributed by atoms with E-state index in [1.54, 1.807) is 30.5 Å². The van der Waals surface area contributed by atoms with Crippen molar-refractivity contribution in [2.24, 2.45) is 0 Å². The second-order valence-electron chi connectivity index (χ2n) is 13.1. The number of hydrogen-bond acceptors (Lipinski definition) is 9. The number of nitrogens with one attached hydrogen (secondary N) is 3. The van der Waals surface area contributed by atoms with Gasteiger partial charge in [-0.25, -0.2) is 19.9 Å². The number of aromatic amines is 1. The molecule has 3 aromatic heterocycles. The molecule has 5 N–H and O–H groups in total. The van der Waals surface area contributed by atoms with E-state index >= 15 is 0 Å². The second kappa shape index (κ2) is 17.7. The average Bonchev–Trinajstić information content (AvgIpc) is 3.11. The van der Waals surface area contributed by atoms with Gasteiger partial charge in [0.1, 0.15) is 23.3 Å². The normalized spacial score (nSPS) is 11.7. The molecule has 4 aromatic carbocycles. The molecule has 0 aliphatic carbocycles. The lowest BCUT2D eigenvalue weighted by atomic mass is 9.80. The van der Waals surface area contributed by atoms with Gasteiger partial charge in [-0.3, -0.25) is 4.79 Å². The molecule has 0 bridgehead atoms. The van der Waals surface area contributed by atoms with Crippen LogP contribution < -0.4 is 21.7 Å². The second-order valence-corrected chi connectivity index (χ2v) is 13.1. The smallest absolute Gasteiger partial charge is 0.423 e. The van der Waals surface area contributed by atoms with E-state index in [1.807, 2.05) is 44.2 Å². The van der Waals surface area contributed by atoms with E-state index in [1.165, 1.54) is 16.7 Å². The summed E-state index contributed by atoms with van der Waals surface area (Å²) in [7, 11) is -1.52. The molecule has 0 aliphatic heterocycles. The van der Waals surface area contributed by atoms with Gasteiger partial charge in [-0.15, -0.1) is 0 Å². The summed E-state index contributed by atoms with van der Waals surface area (Å²) in [6.07, 6.45) is 1.66. The Hall–Kier alpha value is -5.91. The molecule has 0 fully saturated rings. The van der Waals surface area contributed by atoms with Gasteiger partial charge in [0.2, 0.25) is 5.56 Å². The van der Waals surface area contributed by atoms with Crippen molar-refractivity contribution in [1.29, 1.82) is 0 Å². The fraction of sp³-hybridized carbons (Fsp3) is 0.233. The maximum Gasteiger partial charge on any atom is 0.488 e. The van der Waals surface area contributed by atoms with Gasteiger partial charge in [0.25, 0.3) is 0 Å². The Morgan fingerprint density at radius 3 is 1.61 bits per heavy atom. The van der Waals surface area contributed by atoms with Crippen LogP contribution in [-0.4, -0.2) is 42.1 Å². The zero-order chi connectivity index (χ0) is 36.9. The molecular formula is C43H50BN7O3. The van der Waals surface area contributed by atoms with Crippen molar-refractivity contribution < 1.29 is 10.0 Å². The molecule has 3 heterocycles. The number of H-pyrrole nitrogens is 1. The van der Waals surface area contributed by atoms with Crippen molar-refractivity contribution in [3.05, 3.63) is 148 Å². The van der Waals surface area contributed by atoms with Crippen LogP contribution >= 0.6 is 0 Å². The van der Waals surface area contributed by atoms with Gasteiger partial charge in [0.15, 0.2) is 0 Å². The molecule has 7 aromatic rings. The number of pyridine rings is 1. The highest BCUT2D eigenvalue weighted by Gasteiger charge is 2.16. The molecule has 2 atom stereocenters. The van der Waals surface area contributed by atoms with Crippen LogP contribution in [-0.2, 0) is 0 Å². The van der Waals surface area contributed by atoms with E-state index < -0.39 is 7.12 Å². The van der Waals surface area contributed by atoms with Crippen LogP contribution in [0.15, 0.2) is 108 Å². The lowest BCUT2D eigenvalue weighted by Crippen LogP contribution is -2.29. The molecule has 54 heavy (non-hydrogen) atoms. The molecular weight excluding hydrogens is 673 g/mol. The molecule has 0 saturated heterocycles. The summed E-state index contributed by atoms with van der Waals surface area (Å²) in [5.41, 5.74) is 8.56. The van der Waals surface area contributed by atoms with Crippen molar-refractivity contribution >= 4 is 46.0 Å². The number of anilines is 2. The summed E-state index contributed by atoms with van der Waals surface area (Å²) in [5.74, 6) is 2.87. The highest BCUT2D eigenvalue weighted by atomic mass is 16.4. The monoisotopic (exact) mass is 723 g/mol. The van der Waals surface area contributed by atoms with Crippen molar-refractivity contribution in [3.63, 3.8) is 0 Å². The summed E-state index contributed by atoms with van der Waals surface area (Å²) in [6, 6.07) is 31.5. The van der Waals surface area contributed by atoms with E-state index in [9.17, 15) is 14.8 Å². The van der Waals surface area contributed by atoms with Crippen LogP contribution in [0.3, 0.4) is 0 Å². The van der Waals surface area contributed by atoms with E-state index in [0.717, 1.165) is 50.1 Å². The minimum atomic E-state index is -1.52. The predicted molar refractivity (Wildman–Crippen MR) is 224 cm³/mol. The van der Waals surface area contributed by atoms with Gasteiger partial charge in [-0.05, 0) is 99.6 Å². The molecule has 0 saturated carbocycles. The predicted octanol–water partition coefficient (Wildman–Crippen LogP) is 8.15. The number of hydrogen-bond donors (Lipinski definition) is 5. The van der Waals surface area contributed by atoms with Gasteiger partial charge in [-0.1, -0.05) is 86.6 Å². The molecule has 0 unspecified atom stereocenters. The van der Waals surface area contributed by atoms with E-state index in [2.05, 4.69) is 106 Å². The standard InChI is InChI=1S/C23H22N4O.C18H20BN3O2.2CH4/c1-14-5-4-6-17(11-14)15(2)25-23-20-12-18(19-9-10-24-22(28)13-19)7-8-21(20)26-16(3)27-23;1-11-5-4-6-14(9-11)12(2)20-18-16-10-15(19(23)24)7-8-17(16)21-13(3)22-18;;/h4-13,15H,1-3H3,(H,24,28)(H,25,26,27);4-10,12,23-24H,1-3H3,(H,20,21,22);2*1H4/t15-;12-;;/m11../s1. The molecule has 0 amide bonds. The van der Waals surface area contributed by atoms with E-state index in [0.29, 0.717) is 17.1 Å². The number of fused-ring (bicyclic) bond motifs is 2. The molecule has 278 valence electrons. The Morgan fingerprint density at radius 2 is 1.11 bits per heavy atom. The first-order chi connectivity index (χ1) is 24.9. The Labute approximate surface area is 318 Å². The first-order valence-electron chi connectivity index (χ1n) is 17.2. The summed E-state index contributed by atoms with van der Waals surface area (Å²) in [5, 5.41) is 27.5. The highest BCUT2D eigenvalue weighted by molar-refractivity contribution is 6.59. The topological polar surface area (TPSA) is 149 Å². The minimum Gasteiger partial charge on any atom is -0.423 e. The Balaban J connectivity index is 0.000000235. The van der Waals surface area contributed by atoms with Crippen molar-refractivity contribution in [3.8, 4) is 11.1 Å². The number of benzene rings is 4. The SMILES string of the molecule is C.C.Cc1cccc([C@@H](C)Nc2nc(C)nc3ccc(-c4cc[nH]c(=O)c4)cc23)c1.Cc1cccc([C@@H](C)Nc2nc(C)nc3ccc(B(O)O)cc23)c1. The van der Waals surface area contributed by atoms with Crippen LogP contribution in [0.4, 0.5) is 11.6 Å². The van der Waals surface area contributed by atoms with Gasteiger partial charge in [0.05, 0.1) is 11.0 Å². The maximum absolute atomic E-state index is 11.7. The van der Waals surface area contributed by atoms with Crippen molar-refractivity contribution in [1.82, 2.24) is 24.9 Å². The summed E-state index contributed by atoms with van der Waals surface area (Å²) >= 11 is 0. The van der Waals surface area contributed by atoms with E-state index in [4.69, 9.17) is 0 Å². The quantitative estimate of drug-likeness (QED) is 0.0980. The fourth-order valence-electron chi connectivity index (χ4n) is 6.15. The Morgan fingerprint density at radius 1 is 0.611 bits per heavy atom. The van der Waals surface area contributed by atoms with Crippen molar-refractivity contribution in [2.45, 2.75) is 68.5 Å². The summed E-state index contributed by atoms with van der Waals surface area (Å²) < 4.78 is 0. The zero-order valence-electron chi connectivity index (χ0n) is 30.1. The van der Waals surface area contributed by atoms with Gasteiger partial charge >= 0.3 is 7.12 Å². The third-order valence-electron chi connectivity index (χ3n) is 8.84. The lowest BCUT2D eigenvalue weighted by molar-refractivity contribution is 0.426. The van der Waals surface area contributed by atoms with Crippen molar-refractivity contribution in [2.75, 3.05) is 10.6 Å². The third kappa shape index (κ3) is 9.74. The molecule has 0 spiro atoms. The van der Waals surface area contributed by atoms with Crippen LogP contribution in [0.2, 0.25) is 0 Å². The minimum absolute atomic E-state index is 0. The molecule has 11 heteroatoms. The average molecular weight is 724 g/mol. The summed E-state index contributed by atoms with van der Waals surface area (Å²) in [4.78, 5) is 32.5. The van der Waals surface area contributed by atoms with Crippen LogP contribution in [0.5, 0.6) is 0 Å². The lowest BCUT2D eigenvalue weighted by Gasteiger charge is -2.17. The van der Waals surface area contributed by atoms with Gasteiger partial charge in [-0.2, -0.15) is 0 Å². The van der Waals surface area contributed by atoms with Crippen LogP contribution in [0, 0.1) is 27.7 Å². The van der Waals surface area contributed by atoms with Gasteiger partial charge in [0, 0.05) is 35.1 Å². The fourth-order valence-corrected chi connectivity index (χ4v) is 6.15. The first-order valence-corrected chi connectivity index (χ1v) is 17.2. The van der Waals surface area contributed by atoms with E-state index in [-0.39, 0.29) is 32.5 Å². The van der Waals surface area contributed by atoms with Crippen LogP contribution in [0.1, 0.15) is 74.7 Å². The molecule has 7 rings (SSSR count). The molecule has 0 aliphatic rings. The Bertz CT molecular complexity index is 2430. The zero-order valence-corrected chi connectivity index (χ0v) is 30.1. The number of aromatic nitrogens is 5. The maximum atomic E-state index is 11.7. The van der Waals surface area contributed by atoms with Gasteiger partial charge < -0.3 is 25.7 Å². The third-order valence-corrected chi connectivity index (χ3v) is 8.84. The molecule has 0 radical (unpaired) electrons. The Kier molecular flexibility index (Phi) is 13.4. The summed E-state index contributed by atoms with van der Waals surface area (Å²) in [6.45, 7) is 12.1. The van der Waals surface area contributed by atoms with Crippen LogP contribution in [0.25, 0.3) is 32.9 Å². The molecule has 10 nitrogen and oxygen atoms in total. The first kappa shape index (κ1) is 40.9. The number of aryl methyl sites for hydroxylation is 4. The largest absolute Gasteiger partial charge is 0.488 e. The number of nitrogens with zero attached hydrogens (tertiary/aromatic N) is 4. The number of rotatable bonds is 8.